The lowest BCUT2D eigenvalue weighted by atomic mass is 9.86. The number of unbranched alkanes of at least 4 members (excludes halogenated alkanes) is 8. The lowest BCUT2D eigenvalue weighted by Crippen LogP contribution is -2.61. The molecule has 236 valence electrons. The number of carbonyl (C=O) groups is 1. The molecule has 0 saturated carbocycles. The average molecular weight is 598 g/mol. The molecule has 0 heterocycles. The minimum absolute atomic E-state index is 0.0220. The minimum Gasteiger partial charge on any atom is -0.479 e. The maximum Gasteiger partial charge on any atom is 0.332 e. The van der Waals surface area contributed by atoms with Crippen LogP contribution in [0.25, 0.3) is 0 Å². The van der Waals surface area contributed by atoms with E-state index in [1.54, 1.807) is 6.92 Å². The van der Waals surface area contributed by atoms with Gasteiger partial charge < -0.3 is 19.5 Å². The number of aliphatic hydroxyl groups excluding tert-OH is 1. The van der Waals surface area contributed by atoms with E-state index < -0.39 is 25.9 Å². The largest absolute Gasteiger partial charge is 0.479 e. The van der Waals surface area contributed by atoms with Crippen LogP contribution in [0.3, 0.4) is 0 Å². The first-order valence-corrected chi connectivity index (χ1v) is 19.2. The summed E-state index contributed by atoms with van der Waals surface area (Å²) in [4.78, 5) is 14.9. The van der Waals surface area contributed by atoms with E-state index in [1.165, 1.54) is 44.9 Å². The first-order valence-electron chi connectivity index (χ1n) is 16.3. The Morgan fingerprint density at radius 3 is 1.83 bits per heavy atom. The van der Waals surface area contributed by atoms with Crippen molar-refractivity contribution in [2.45, 2.75) is 148 Å². The average Bonchev–Trinajstić information content (AvgIpc) is 2.94. The first-order chi connectivity index (χ1) is 19.8. The third-order valence-electron chi connectivity index (χ3n) is 9.28. The summed E-state index contributed by atoms with van der Waals surface area (Å²) >= 11 is 0. The van der Waals surface area contributed by atoms with E-state index >= 15 is 0 Å². The molecule has 0 fully saturated rings. The summed E-state index contributed by atoms with van der Waals surface area (Å²) in [6.45, 7) is 15.4. The summed E-state index contributed by atoms with van der Waals surface area (Å²) < 4.78 is 6.89. The van der Waals surface area contributed by atoms with Crippen LogP contribution in [0.15, 0.2) is 60.7 Å². The molecule has 6 heteroatoms. The van der Waals surface area contributed by atoms with Crippen molar-refractivity contribution in [1.82, 2.24) is 0 Å². The predicted molar refractivity (Wildman–Crippen MR) is 180 cm³/mol. The second kappa shape index (κ2) is 17.2. The molecule has 0 radical (unpaired) electrons. The van der Waals surface area contributed by atoms with Gasteiger partial charge in [-0.05, 0) is 49.2 Å². The smallest absolute Gasteiger partial charge is 0.332 e. The van der Waals surface area contributed by atoms with E-state index in [0.717, 1.165) is 30.5 Å². The molecule has 2 unspecified atom stereocenters. The molecule has 0 bridgehead atoms. The Morgan fingerprint density at radius 1 is 0.833 bits per heavy atom. The molecule has 2 rings (SSSR count). The molecule has 3 atom stereocenters. The molecule has 0 spiro atoms. The van der Waals surface area contributed by atoms with Crippen LogP contribution in [0.2, 0.25) is 18.1 Å². The third-order valence-corrected chi connectivity index (χ3v) is 13.8. The van der Waals surface area contributed by atoms with Crippen molar-refractivity contribution >= 4 is 20.0 Å². The number of rotatable bonds is 20. The van der Waals surface area contributed by atoms with Gasteiger partial charge in [0.1, 0.15) is 0 Å². The molecular weight excluding hydrogens is 538 g/mol. The maximum atomic E-state index is 13.1. The van der Waals surface area contributed by atoms with Crippen molar-refractivity contribution in [3.63, 3.8) is 0 Å². The zero-order valence-electron chi connectivity index (χ0n) is 27.6. The SMILES string of the molecule is CCCCCCCCCCC[C@H](CC(O)C(C)(C(=O)O)N(Cc1ccccc1)c1ccccc1)O[Si](C)(C)C(C)(C)C. The normalized spacial score (nSPS) is 15.1. The molecule has 0 aliphatic rings. The van der Waals surface area contributed by atoms with Gasteiger partial charge in [0.05, 0.1) is 6.10 Å². The minimum atomic E-state index is -2.14. The topological polar surface area (TPSA) is 70.0 Å². The molecule has 0 saturated heterocycles. The first kappa shape index (κ1) is 36.0. The highest BCUT2D eigenvalue weighted by atomic mass is 28.4. The van der Waals surface area contributed by atoms with Gasteiger partial charge >= 0.3 is 5.97 Å². The van der Waals surface area contributed by atoms with Gasteiger partial charge in [0.15, 0.2) is 13.9 Å². The number of anilines is 1. The van der Waals surface area contributed by atoms with Gasteiger partial charge in [-0.2, -0.15) is 0 Å². The van der Waals surface area contributed by atoms with Gasteiger partial charge in [0, 0.05) is 24.8 Å². The fraction of sp³-hybridized carbons (Fsp3) is 0.639. The standard InChI is InChI=1S/C36H59NO4Si/c1-8-9-10-11-12-13-14-15-22-27-32(41-42(6,7)35(2,3)4)28-33(38)36(5,34(39)40)37(31-25-20-17-21-26-31)29-30-23-18-16-19-24-30/h16-21,23-26,32-33,38H,8-15,22,27-29H2,1-7H3,(H,39,40)/t32-,33?,36?/m1/s1. The fourth-order valence-corrected chi connectivity index (χ4v) is 6.72. The van der Waals surface area contributed by atoms with Gasteiger partial charge in [-0.15, -0.1) is 0 Å². The summed E-state index contributed by atoms with van der Waals surface area (Å²) in [7, 11) is -2.14. The number of hydrogen-bond acceptors (Lipinski definition) is 4. The summed E-state index contributed by atoms with van der Waals surface area (Å²) in [5.74, 6) is -1.04. The molecule has 42 heavy (non-hydrogen) atoms. The van der Waals surface area contributed by atoms with E-state index in [-0.39, 0.29) is 17.6 Å². The lowest BCUT2D eigenvalue weighted by Gasteiger charge is -2.45. The van der Waals surface area contributed by atoms with Gasteiger partial charge in [-0.25, -0.2) is 4.79 Å². The second-order valence-electron chi connectivity index (χ2n) is 13.7. The van der Waals surface area contributed by atoms with Crippen molar-refractivity contribution < 1.29 is 19.4 Å². The Hall–Kier alpha value is -2.15. The number of nitrogens with zero attached hydrogens (tertiary/aromatic N) is 1. The summed E-state index contributed by atoms with van der Waals surface area (Å²) in [5, 5.41) is 22.6. The Labute approximate surface area is 257 Å². The van der Waals surface area contributed by atoms with Gasteiger partial charge in [-0.3, -0.25) is 0 Å². The lowest BCUT2D eigenvalue weighted by molar-refractivity contribution is -0.148. The molecule has 5 nitrogen and oxygen atoms in total. The monoisotopic (exact) mass is 597 g/mol. The van der Waals surface area contributed by atoms with Crippen LogP contribution < -0.4 is 4.90 Å². The number of aliphatic hydroxyl groups is 1. The molecular formula is C36H59NO4Si. The summed E-state index contributed by atoms with van der Waals surface area (Å²) in [5.41, 5.74) is 0.209. The van der Waals surface area contributed by atoms with Crippen LogP contribution in [0, 0.1) is 0 Å². The van der Waals surface area contributed by atoms with Gasteiger partial charge in [0.25, 0.3) is 0 Å². The maximum absolute atomic E-state index is 13.1. The van der Waals surface area contributed by atoms with E-state index in [2.05, 4.69) is 40.8 Å². The number of para-hydroxylation sites is 1. The van der Waals surface area contributed by atoms with E-state index in [0.29, 0.717) is 6.54 Å². The van der Waals surface area contributed by atoms with Gasteiger partial charge in [-0.1, -0.05) is 134 Å². The van der Waals surface area contributed by atoms with E-state index in [9.17, 15) is 15.0 Å². The van der Waals surface area contributed by atoms with Crippen LogP contribution in [-0.4, -0.2) is 42.2 Å². The van der Waals surface area contributed by atoms with Crippen LogP contribution in [0.1, 0.15) is 111 Å². The number of benzene rings is 2. The molecule has 0 amide bonds. The van der Waals surface area contributed by atoms with Crippen LogP contribution in [-0.2, 0) is 15.8 Å². The fourth-order valence-electron chi connectivity index (χ4n) is 5.31. The Bertz CT molecular complexity index is 1020. The number of hydrogen-bond donors (Lipinski definition) is 2. The molecule has 0 aromatic heterocycles. The molecule has 2 N–H and O–H groups in total. The van der Waals surface area contributed by atoms with Crippen LogP contribution >= 0.6 is 0 Å². The zero-order valence-corrected chi connectivity index (χ0v) is 28.6. The van der Waals surface area contributed by atoms with Crippen molar-refractivity contribution in [2.75, 3.05) is 4.90 Å². The highest BCUT2D eigenvalue weighted by molar-refractivity contribution is 6.74. The van der Waals surface area contributed by atoms with Crippen LogP contribution in [0.5, 0.6) is 0 Å². The van der Waals surface area contributed by atoms with Gasteiger partial charge in [0.2, 0.25) is 0 Å². The number of carboxylic acid groups (broad SMARTS) is 1. The van der Waals surface area contributed by atoms with E-state index in [4.69, 9.17) is 4.43 Å². The molecule has 2 aromatic rings. The third kappa shape index (κ3) is 10.8. The van der Waals surface area contributed by atoms with Crippen molar-refractivity contribution in [2.24, 2.45) is 0 Å². The quantitative estimate of drug-likeness (QED) is 0.117. The molecule has 2 aromatic carbocycles. The highest BCUT2D eigenvalue weighted by Gasteiger charge is 2.48. The number of aliphatic carboxylic acids is 1. The number of carboxylic acids is 1. The van der Waals surface area contributed by atoms with E-state index in [1.807, 2.05) is 65.6 Å². The van der Waals surface area contributed by atoms with Crippen molar-refractivity contribution in [3.05, 3.63) is 66.2 Å². The Kier molecular flexibility index (Phi) is 14.8. The van der Waals surface area contributed by atoms with Crippen molar-refractivity contribution in [3.8, 4) is 0 Å². The highest BCUT2D eigenvalue weighted by Crippen LogP contribution is 2.39. The molecule has 0 aliphatic heterocycles. The predicted octanol–water partition coefficient (Wildman–Crippen LogP) is 9.60. The second-order valence-corrected chi connectivity index (χ2v) is 18.5. The summed E-state index contributed by atoms with van der Waals surface area (Å²) in [6, 6.07) is 19.5. The zero-order chi connectivity index (χ0) is 31.2. The summed E-state index contributed by atoms with van der Waals surface area (Å²) in [6.07, 6.45) is 11.0. The van der Waals surface area contributed by atoms with Crippen LogP contribution in [0.4, 0.5) is 5.69 Å². The molecule has 0 aliphatic carbocycles. The van der Waals surface area contributed by atoms with Crippen molar-refractivity contribution in [1.29, 1.82) is 0 Å². The Balaban J connectivity index is 2.25. The Morgan fingerprint density at radius 2 is 1.33 bits per heavy atom.